The fourth-order valence-electron chi connectivity index (χ4n) is 2.35. The monoisotopic (exact) mass is 296 g/mol. The van der Waals surface area contributed by atoms with Crippen LogP contribution in [0.2, 0.25) is 0 Å². The fraction of sp³-hybridized carbons (Fsp3) is 0. The summed E-state index contributed by atoms with van der Waals surface area (Å²) in [5.74, 6) is 0.801. The molecule has 0 spiro atoms. The summed E-state index contributed by atoms with van der Waals surface area (Å²) in [6.07, 6.45) is 1.80. The van der Waals surface area contributed by atoms with Crippen LogP contribution in [0.5, 0.6) is 0 Å². The second-order valence-corrected chi connectivity index (χ2v) is 4.61. The number of benzene rings is 2. The summed E-state index contributed by atoms with van der Waals surface area (Å²) in [4.78, 5) is 9.09. The molecule has 4 rings (SSSR count). The third-order valence-electron chi connectivity index (χ3n) is 3.34. The smallest absolute Gasteiger partial charge is 0.152 e. The molecule has 104 valence electrons. The van der Waals surface area contributed by atoms with Gasteiger partial charge in [-0.1, -0.05) is 48.5 Å². The van der Waals surface area contributed by atoms with Crippen LogP contribution in [0.15, 0.2) is 65.8 Å². The first-order valence-corrected chi connectivity index (χ1v) is 6.46. The average Bonchev–Trinajstić information content (AvgIpc) is 2.55. The molecule has 0 radical (unpaired) electrons. The molecule has 2 heterocycles. The number of para-hydroxylation sites is 1. The third-order valence-corrected chi connectivity index (χ3v) is 3.34. The number of hydrazine groups is 1. The number of amidine groups is 1. The Bertz CT molecular complexity index is 815. The van der Waals surface area contributed by atoms with Crippen LogP contribution in [-0.4, -0.2) is 10.8 Å². The van der Waals surface area contributed by atoms with Crippen LogP contribution in [0.4, 0.5) is 11.4 Å². The average molecular weight is 297 g/mol. The molecule has 1 aliphatic rings. The number of pyridine rings is 1. The van der Waals surface area contributed by atoms with E-state index in [4.69, 9.17) is 0 Å². The number of aromatic nitrogens is 1. The molecule has 2 aromatic carbocycles. The zero-order chi connectivity index (χ0) is 13.4. The van der Waals surface area contributed by atoms with Crippen molar-refractivity contribution in [1.29, 1.82) is 0 Å². The second-order valence-electron chi connectivity index (χ2n) is 4.61. The summed E-state index contributed by atoms with van der Waals surface area (Å²) >= 11 is 0. The molecule has 5 heteroatoms. The van der Waals surface area contributed by atoms with Crippen molar-refractivity contribution in [3.05, 3.63) is 66.4 Å². The third kappa shape index (κ3) is 2.30. The molecular formula is C16H13ClN4. The number of halogens is 1. The minimum Gasteiger partial charge on any atom is -0.297 e. The maximum Gasteiger partial charge on any atom is 0.152 e. The van der Waals surface area contributed by atoms with Gasteiger partial charge in [0.05, 0.1) is 17.4 Å². The topological polar surface area (TPSA) is 49.3 Å². The minimum atomic E-state index is 0. The van der Waals surface area contributed by atoms with Crippen molar-refractivity contribution in [1.82, 2.24) is 10.4 Å². The number of hydrogen-bond acceptors (Lipinski definition) is 4. The van der Waals surface area contributed by atoms with E-state index in [-0.39, 0.29) is 12.4 Å². The van der Waals surface area contributed by atoms with Gasteiger partial charge in [0.15, 0.2) is 5.84 Å². The highest BCUT2D eigenvalue weighted by Gasteiger charge is 2.15. The van der Waals surface area contributed by atoms with Gasteiger partial charge >= 0.3 is 0 Å². The van der Waals surface area contributed by atoms with Gasteiger partial charge in [-0.05, 0) is 6.07 Å². The number of nitrogens with one attached hydrogen (secondary N) is 2. The Labute approximate surface area is 128 Å². The van der Waals surface area contributed by atoms with Gasteiger partial charge in [0, 0.05) is 10.9 Å². The molecule has 1 aromatic heterocycles. The molecular weight excluding hydrogens is 284 g/mol. The standard InChI is InChI=1S/C16H12N4.ClH/c1-2-6-11(7-3-1)16-18-14-10-17-13-9-5-4-8-12(13)15(14)19-20-16;/h1-10,19H,(H,18,20);1H. The maximum absolute atomic E-state index is 4.65. The van der Waals surface area contributed by atoms with Gasteiger partial charge in [0.25, 0.3) is 0 Å². The first-order chi connectivity index (χ1) is 9.92. The summed E-state index contributed by atoms with van der Waals surface area (Å²) < 4.78 is 0. The van der Waals surface area contributed by atoms with Crippen LogP contribution in [-0.2, 0) is 0 Å². The lowest BCUT2D eigenvalue weighted by atomic mass is 10.1. The van der Waals surface area contributed by atoms with E-state index in [0.717, 1.165) is 33.7 Å². The van der Waals surface area contributed by atoms with Gasteiger partial charge < -0.3 is 0 Å². The molecule has 1 aliphatic heterocycles. The highest BCUT2D eigenvalue weighted by molar-refractivity contribution is 6.07. The molecule has 0 saturated carbocycles. The van der Waals surface area contributed by atoms with E-state index in [2.05, 4.69) is 20.8 Å². The quantitative estimate of drug-likeness (QED) is 0.720. The van der Waals surface area contributed by atoms with Crippen LogP contribution in [0.3, 0.4) is 0 Å². The number of fused-ring (bicyclic) bond motifs is 3. The van der Waals surface area contributed by atoms with Gasteiger partial charge in [0.1, 0.15) is 5.69 Å². The summed E-state index contributed by atoms with van der Waals surface area (Å²) in [6.45, 7) is 0. The van der Waals surface area contributed by atoms with Gasteiger partial charge in [-0.3, -0.25) is 15.8 Å². The fourth-order valence-corrected chi connectivity index (χ4v) is 2.35. The SMILES string of the molecule is Cl.c1ccc(C2=Nc3cnc4ccccc4c3NN2)cc1. The van der Waals surface area contributed by atoms with E-state index >= 15 is 0 Å². The Morgan fingerprint density at radius 1 is 0.810 bits per heavy atom. The molecule has 0 saturated heterocycles. The van der Waals surface area contributed by atoms with Crippen molar-refractivity contribution < 1.29 is 0 Å². The van der Waals surface area contributed by atoms with E-state index in [0.29, 0.717) is 0 Å². The lowest BCUT2D eigenvalue weighted by Crippen LogP contribution is -2.32. The van der Waals surface area contributed by atoms with Crippen LogP contribution in [0.1, 0.15) is 5.56 Å². The minimum absolute atomic E-state index is 0. The lowest BCUT2D eigenvalue weighted by Gasteiger charge is -2.20. The Kier molecular flexibility index (Phi) is 3.46. The van der Waals surface area contributed by atoms with Crippen molar-refractivity contribution in [3.63, 3.8) is 0 Å². The van der Waals surface area contributed by atoms with Crippen molar-refractivity contribution >= 4 is 40.5 Å². The van der Waals surface area contributed by atoms with Gasteiger partial charge in [-0.2, -0.15) is 0 Å². The maximum atomic E-state index is 4.65. The molecule has 0 amide bonds. The van der Waals surface area contributed by atoms with Crippen molar-refractivity contribution in [3.8, 4) is 0 Å². The van der Waals surface area contributed by atoms with Gasteiger partial charge in [-0.25, -0.2) is 4.99 Å². The predicted octanol–water partition coefficient (Wildman–Crippen LogP) is 3.67. The molecule has 0 aliphatic carbocycles. The Morgan fingerprint density at radius 2 is 1.57 bits per heavy atom. The lowest BCUT2D eigenvalue weighted by molar-refractivity contribution is 1.09. The number of hydrogen-bond donors (Lipinski definition) is 2. The summed E-state index contributed by atoms with van der Waals surface area (Å²) in [6, 6.07) is 18.0. The molecule has 3 aromatic rings. The van der Waals surface area contributed by atoms with Crippen LogP contribution in [0, 0.1) is 0 Å². The van der Waals surface area contributed by atoms with Crippen LogP contribution < -0.4 is 10.9 Å². The Morgan fingerprint density at radius 3 is 2.43 bits per heavy atom. The molecule has 21 heavy (non-hydrogen) atoms. The number of aliphatic imine (C=N–C) groups is 1. The first-order valence-electron chi connectivity index (χ1n) is 6.46. The highest BCUT2D eigenvalue weighted by Crippen LogP contribution is 2.33. The summed E-state index contributed by atoms with van der Waals surface area (Å²) in [5.41, 5.74) is 10.2. The highest BCUT2D eigenvalue weighted by atomic mass is 35.5. The van der Waals surface area contributed by atoms with Crippen molar-refractivity contribution in [2.75, 3.05) is 5.43 Å². The molecule has 0 atom stereocenters. The van der Waals surface area contributed by atoms with Crippen molar-refractivity contribution in [2.24, 2.45) is 4.99 Å². The number of anilines is 1. The van der Waals surface area contributed by atoms with Gasteiger partial charge in [0.2, 0.25) is 0 Å². The number of nitrogens with zero attached hydrogens (tertiary/aromatic N) is 2. The van der Waals surface area contributed by atoms with Crippen LogP contribution in [0.25, 0.3) is 10.9 Å². The Balaban J connectivity index is 0.00000132. The molecule has 0 unspecified atom stereocenters. The normalized spacial score (nSPS) is 12.5. The zero-order valence-corrected chi connectivity index (χ0v) is 11.9. The van der Waals surface area contributed by atoms with E-state index < -0.39 is 0 Å². The zero-order valence-electron chi connectivity index (χ0n) is 11.1. The second kappa shape index (κ2) is 5.42. The molecule has 4 nitrogen and oxygen atoms in total. The Hall–Kier alpha value is -2.59. The first kappa shape index (κ1) is 13.4. The molecule has 2 N–H and O–H groups in total. The van der Waals surface area contributed by atoms with E-state index in [1.54, 1.807) is 6.20 Å². The summed E-state index contributed by atoms with van der Waals surface area (Å²) in [7, 11) is 0. The van der Waals surface area contributed by atoms with E-state index in [9.17, 15) is 0 Å². The van der Waals surface area contributed by atoms with E-state index in [1.807, 2.05) is 54.6 Å². The van der Waals surface area contributed by atoms with E-state index in [1.165, 1.54) is 0 Å². The molecule has 0 bridgehead atoms. The largest absolute Gasteiger partial charge is 0.297 e. The summed E-state index contributed by atoms with van der Waals surface area (Å²) in [5, 5.41) is 1.06. The number of rotatable bonds is 1. The molecule has 0 fully saturated rings. The predicted molar refractivity (Wildman–Crippen MR) is 88.4 cm³/mol. The van der Waals surface area contributed by atoms with Crippen LogP contribution >= 0.6 is 12.4 Å². The van der Waals surface area contributed by atoms with Gasteiger partial charge in [-0.15, -0.1) is 12.4 Å². The van der Waals surface area contributed by atoms with Crippen molar-refractivity contribution in [2.45, 2.75) is 0 Å².